The zero-order valence-corrected chi connectivity index (χ0v) is 12.9. The summed E-state index contributed by atoms with van der Waals surface area (Å²) in [6.07, 6.45) is 4.82. The molecule has 1 aromatic rings. The molecular formula is C15H27N3O. The molecule has 0 unspecified atom stereocenters. The zero-order valence-electron chi connectivity index (χ0n) is 12.9. The van der Waals surface area contributed by atoms with Gasteiger partial charge in [0.2, 0.25) is 5.88 Å². The predicted molar refractivity (Wildman–Crippen MR) is 80.0 cm³/mol. The molecule has 19 heavy (non-hydrogen) atoms. The van der Waals surface area contributed by atoms with Gasteiger partial charge in [0.15, 0.2) is 0 Å². The van der Waals surface area contributed by atoms with Gasteiger partial charge in [-0.3, -0.25) is 0 Å². The average molecular weight is 265 g/mol. The van der Waals surface area contributed by atoms with Crippen molar-refractivity contribution in [3.63, 3.8) is 0 Å². The van der Waals surface area contributed by atoms with Gasteiger partial charge in [-0.1, -0.05) is 40.0 Å². The molecule has 0 fully saturated rings. The van der Waals surface area contributed by atoms with E-state index in [-0.39, 0.29) is 0 Å². The summed E-state index contributed by atoms with van der Waals surface area (Å²) >= 11 is 0. The maximum absolute atomic E-state index is 5.83. The van der Waals surface area contributed by atoms with Crippen molar-refractivity contribution in [2.45, 2.75) is 59.3 Å². The van der Waals surface area contributed by atoms with Crippen LogP contribution < -0.4 is 10.1 Å². The quantitative estimate of drug-likeness (QED) is 0.724. The predicted octanol–water partition coefficient (Wildman–Crippen LogP) is 3.91. The Morgan fingerprint density at radius 1 is 1.16 bits per heavy atom. The largest absolute Gasteiger partial charge is 0.477 e. The van der Waals surface area contributed by atoms with Crippen LogP contribution >= 0.6 is 0 Å². The van der Waals surface area contributed by atoms with Gasteiger partial charge in [0, 0.05) is 13.0 Å². The minimum Gasteiger partial charge on any atom is -0.477 e. The minimum atomic E-state index is 0.301. The normalized spacial score (nSPS) is 10.8. The van der Waals surface area contributed by atoms with Crippen molar-refractivity contribution in [3.05, 3.63) is 11.4 Å². The summed E-state index contributed by atoms with van der Waals surface area (Å²) in [5, 5.41) is 3.11. The van der Waals surface area contributed by atoms with Gasteiger partial charge < -0.3 is 10.1 Å². The number of aromatic nitrogens is 2. The second kappa shape index (κ2) is 7.97. The molecular weight excluding hydrogens is 238 g/mol. The van der Waals surface area contributed by atoms with Crippen LogP contribution in [0.3, 0.4) is 0 Å². The van der Waals surface area contributed by atoms with Gasteiger partial charge in [0.05, 0.1) is 12.2 Å². The highest BCUT2D eigenvalue weighted by Crippen LogP contribution is 2.24. The molecule has 0 spiro atoms. The van der Waals surface area contributed by atoms with E-state index in [2.05, 4.69) is 36.1 Å². The van der Waals surface area contributed by atoms with Crippen LogP contribution in [-0.2, 0) is 0 Å². The highest BCUT2D eigenvalue weighted by Gasteiger charge is 2.13. The van der Waals surface area contributed by atoms with E-state index in [1.165, 1.54) is 19.3 Å². The van der Waals surface area contributed by atoms with Crippen molar-refractivity contribution in [1.29, 1.82) is 0 Å². The Bertz CT molecular complexity index is 391. The highest BCUT2D eigenvalue weighted by molar-refractivity contribution is 5.48. The first-order valence-electron chi connectivity index (χ1n) is 7.29. The van der Waals surface area contributed by atoms with Crippen LogP contribution in [0.5, 0.6) is 5.88 Å². The second-order valence-corrected chi connectivity index (χ2v) is 5.17. The SMILES string of the molecule is CCCCCCOc1nc(C(C)C)nc(NC)c1C. The average Bonchev–Trinajstić information content (AvgIpc) is 2.40. The Labute approximate surface area is 117 Å². The molecule has 0 aromatic carbocycles. The minimum absolute atomic E-state index is 0.301. The maximum Gasteiger partial charge on any atom is 0.221 e. The van der Waals surface area contributed by atoms with E-state index >= 15 is 0 Å². The molecule has 0 radical (unpaired) electrons. The van der Waals surface area contributed by atoms with E-state index in [0.29, 0.717) is 5.92 Å². The zero-order chi connectivity index (χ0) is 14.3. The lowest BCUT2D eigenvalue weighted by atomic mass is 10.2. The van der Waals surface area contributed by atoms with Crippen molar-refractivity contribution in [3.8, 4) is 5.88 Å². The first-order valence-corrected chi connectivity index (χ1v) is 7.29. The van der Waals surface area contributed by atoms with Crippen LogP contribution in [0.2, 0.25) is 0 Å². The summed E-state index contributed by atoms with van der Waals surface area (Å²) in [5.74, 6) is 2.72. The van der Waals surface area contributed by atoms with Gasteiger partial charge in [-0.15, -0.1) is 0 Å². The molecule has 0 saturated carbocycles. The van der Waals surface area contributed by atoms with Crippen molar-refractivity contribution in [1.82, 2.24) is 9.97 Å². The van der Waals surface area contributed by atoms with E-state index in [9.17, 15) is 0 Å². The number of hydrogen-bond donors (Lipinski definition) is 1. The number of hydrogen-bond acceptors (Lipinski definition) is 4. The fraction of sp³-hybridized carbons (Fsp3) is 0.733. The van der Waals surface area contributed by atoms with Crippen LogP contribution in [0, 0.1) is 6.92 Å². The van der Waals surface area contributed by atoms with Gasteiger partial charge in [-0.05, 0) is 13.3 Å². The molecule has 0 aliphatic carbocycles. The van der Waals surface area contributed by atoms with Crippen LogP contribution in [0.1, 0.15) is 63.8 Å². The molecule has 1 N–H and O–H groups in total. The molecule has 0 atom stereocenters. The number of ether oxygens (including phenoxy) is 1. The highest BCUT2D eigenvalue weighted by atomic mass is 16.5. The van der Waals surface area contributed by atoms with Crippen LogP contribution in [0.4, 0.5) is 5.82 Å². The second-order valence-electron chi connectivity index (χ2n) is 5.17. The van der Waals surface area contributed by atoms with E-state index in [1.54, 1.807) is 0 Å². The lowest BCUT2D eigenvalue weighted by Crippen LogP contribution is -2.09. The van der Waals surface area contributed by atoms with Crippen LogP contribution in [0.15, 0.2) is 0 Å². The third-order valence-electron chi connectivity index (χ3n) is 3.11. The van der Waals surface area contributed by atoms with Gasteiger partial charge in [-0.2, -0.15) is 4.98 Å². The smallest absolute Gasteiger partial charge is 0.221 e. The van der Waals surface area contributed by atoms with Gasteiger partial charge in [-0.25, -0.2) is 4.98 Å². The van der Waals surface area contributed by atoms with E-state index in [4.69, 9.17) is 4.74 Å². The van der Waals surface area contributed by atoms with E-state index in [1.807, 2.05) is 14.0 Å². The number of nitrogens with zero attached hydrogens (tertiary/aromatic N) is 2. The summed E-state index contributed by atoms with van der Waals surface area (Å²) in [4.78, 5) is 9.03. The Hall–Kier alpha value is -1.32. The van der Waals surface area contributed by atoms with Crippen molar-refractivity contribution in [2.24, 2.45) is 0 Å². The fourth-order valence-corrected chi connectivity index (χ4v) is 1.85. The fourth-order valence-electron chi connectivity index (χ4n) is 1.85. The Morgan fingerprint density at radius 3 is 2.47 bits per heavy atom. The van der Waals surface area contributed by atoms with Crippen molar-refractivity contribution >= 4 is 5.82 Å². The van der Waals surface area contributed by atoms with Crippen LogP contribution in [-0.4, -0.2) is 23.6 Å². The number of nitrogens with one attached hydrogen (secondary N) is 1. The van der Waals surface area contributed by atoms with E-state index in [0.717, 1.165) is 36.1 Å². The lowest BCUT2D eigenvalue weighted by molar-refractivity contribution is 0.290. The van der Waals surface area contributed by atoms with Crippen LogP contribution in [0.25, 0.3) is 0 Å². The number of unbranched alkanes of at least 4 members (excludes halogenated alkanes) is 3. The molecule has 1 rings (SSSR count). The Balaban J connectivity index is 2.72. The monoisotopic (exact) mass is 265 g/mol. The molecule has 0 bridgehead atoms. The van der Waals surface area contributed by atoms with Crippen molar-refractivity contribution < 1.29 is 4.74 Å². The van der Waals surface area contributed by atoms with E-state index < -0.39 is 0 Å². The van der Waals surface area contributed by atoms with Gasteiger partial charge in [0.25, 0.3) is 0 Å². The topological polar surface area (TPSA) is 47.0 Å². The molecule has 1 heterocycles. The Morgan fingerprint density at radius 2 is 1.89 bits per heavy atom. The molecule has 108 valence electrons. The summed E-state index contributed by atoms with van der Waals surface area (Å²) in [5.41, 5.74) is 0.988. The number of rotatable bonds is 8. The van der Waals surface area contributed by atoms with Gasteiger partial charge >= 0.3 is 0 Å². The summed E-state index contributed by atoms with van der Waals surface area (Å²) in [7, 11) is 1.88. The molecule has 4 nitrogen and oxygen atoms in total. The maximum atomic E-state index is 5.83. The summed E-state index contributed by atoms with van der Waals surface area (Å²) in [6, 6.07) is 0. The third-order valence-corrected chi connectivity index (χ3v) is 3.11. The molecule has 0 amide bonds. The Kier molecular flexibility index (Phi) is 6.60. The molecule has 0 saturated heterocycles. The standard InChI is InChI=1S/C15H27N3O/c1-6-7-8-9-10-19-15-12(4)14(16-5)17-13(18-15)11(2)3/h11H,6-10H2,1-5H3,(H,16,17,18). The first-order chi connectivity index (χ1) is 9.10. The first kappa shape index (κ1) is 15.7. The molecule has 0 aliphatic heterocycles. The summed E-state index contributed by atoms with van der Waals surface area (Å²) < 4.78 is 5.83. The summed E-state index contributed by atoms with van der Waals surface area (Å²) in [6.45, 7) is 9.13. The molecule has 1 aromatic heterocycles. The molecule has 0 aliphatic rings. The molecule has 4 heteroatoms. The van der Waals surface area contributed by atoms with Crippen molar-refractivity contribution in [2.75, 3.05) is 19.0 Å². The lowest BCUT2D eigenvalue weighted by Gasteiger charge is -2.14. The third kappa shape index (κ3) is 4.69. The van der Waals surface area contributed by atoms with Gasteiger partial charge in [0.1, 0.15) is 11.6 Å². The number of anilines is 1.